The second kappa shape index (κ2) is 5.71. The van der Waals surface area contributed by atoms with Crippen molar-refractivity contribution in [3.8, 4) is 0 Å². The van der Waals surface area contributed by atoms with Crippen LogP contribution in [-0.4, -0.2) is 39.3 Å². The van der Waals surface area contributed by atoms with Gasteiger partial charge in [-0.2, -0.15) is 0 Å². The summed E-state index contributed by atoms with van der Waals surface area (Å²) >= 11 is 3.64. The molecule has 2 heterocycles. The molecular weight excluding hydrogens is 322 g/mol. The Balaban J connectivity index is 1.94. The van der Waals surface area contributed by atoms with E-state index in [1.165, 1.54) is 0 Å². The molecule has 0 radical (unpaired) electrons. The monoisotopic (exact) mass is 339 g/mol. The molecule has 1 unspecified atom stereocenters. The number of carbonyl (C=O) groups excluding carboxylic acids is 1. The van der Waals surface area contributed by atoms with Crippen LogP contribution in [0.3, 0.4) is 0 Å². The summed E-state index contributed by atoms with van der Waals surface area (Å²) in [6.07, 6.45) is 1.02. The van der Waals surface area contributed by atoms with Crippen molar-refractivity contribution >= 4 is 33.2 Å². The van der Waals surface area contributed by atoms with E-state index in [1.807, 2.05) is 6.07 Å². The zero-order valence-corrected chi connectivity index (χ0v) is 13.0. The molecule has 3 rings (SSSR count). The minimum Gasteiger partial charge on any atom is -0.380 e. The molecule has 0 aromatic heterocycles. The smallest absolute Gasteiger partial charge is 0.246 e. The van der Waals surface area contributed by atoms with E-state index < -0.39 is 0 Å². The van der Waals surface area contributed by atoms with Gasteiger partial charge in [0.05, 0.1) is 12.3 Å². The molecule has 0 aliphatic carbocycles. The number of ether oxygens (including phenoxy) is 1. The summed E-state index contributed by atoms with van der Waals surface area (Å²) in [7, 11) is 1.80. The number of carbonyl (C=O) groups is 1. The lowest BCUT2D eigenvalue weighted by Gasteiger charge is -2.24. The normalized spacial score (nSPS) is 22.4. The van der Waals surface area contributed by atoms with Crippen LogP contribution in [0.15, 0.2) is 16.6 Å². The maximum absolute atomic E-state index is 11.9. The maximum atomic E-state index is 11.9. The summed E-state index contributed by atoms with van der Waals surface area (Å²) in [5, 5.41) is 5.98. The number of nitrogens with one attached hydrogen (secondary N) is 2. The Morgan fingerprint density at radius 1 is 1.40 bits per heavy atom. The average molecular weight is 340 g/mol. The number of anilines is 2. The van der Waals surface area contributed by atoms with Crippen molar-refractivity contribution < 1.29 is 9.53 Å². The lowest BCUT2D eigenvalue weighted by Crippen LogP contribution is -2.26. The fraction of sp³-hybridized carbons (Fsp3) is 0.500. The highest BCUT2D eigenvalue weighted by Crippen LogP contribution is 2.39. The molecule has 1 aromatic rings. The van der Waals surface area contributed by atoms with Gasteiger partial charge in [-0.1, -0.05) is 0 Å². The van der Waals surface area contributed by atoms with E-state index in [0.29, 0.717) is 0 Å². The summed E-state index contributed by atoms with van der Waals surface area (Å²) in [5.74, 6) is 0.00532. The first-order valence-corrected chi connectivity index (χ1v) is 7.64. The van der Waals surface area contributed by atoms with Crippen molar-refractivity contribution in [3.05, 3.63) is 22.2 Å². The quantitative estimate of drug-likeness (QED) is 0.863. The third-order valence-electron chi connectivity index (χ3n) is 3.80. The molecule has 1 fully saturated rings. The van der Waals surface area contributed by atoms with Crippen molar-refractivity contribution in [2.45, 2.75) is 12.5 Å². The van der Waals surface area contributed by atoms with Crippen molar-refractivity contribution in [1.29, 1.82) is 0 Å². The summed E-state index contributed by atoms with van der Waals surface area (Å²) in [4.78, 5) is 14.2. The van der Waals surface area contributed by atoms with Gasteiger partial charge >= 0.3 is 0 Å². The molecule has 5 nitrogen and oxygen atoms in total. The first-order valence-electron chi connectivity index (χ1n) is 6.85. The lowest BCUT2D eigenvalue weighted by atomic mass is 10.1. The van der Waals surface area contributed by atoms with Crippen molar-refractivity contribution in [2.75, 3.05) is 43.6 Å². The third kappa shape index (κ3) is 2.43. The number of halogens is 1. The van der Waals surface area contributed by atoms with Gasteiger partial charge in [-0.15, -0.1) is 0 Å². The van der Waals surface area contributed by atoms with Gasteiger partial charge in [0.15, 0.2) is 0 Å². The first-order chi connectivity index (χ1) is 9.70. The molecule has 1 amide bonds. The van der Waals surface area contributed by atoms with Crippen LogP contribution in [0.1, 0.15) is 18.0 Å². The second-order valence-electron chi connectivity index (χ2n) is 5.05. The number of benzene rings is 1. The van der Waals surface area contributed by atoms with Gasteiger partial charge in [-0.3, -0.25) is 4.79 Å². The fourth-order valence-electron chi connectivity index (χ4n) is 2.79. The largest absolute Gasteiger partial charge is 0.380 e. The van der Waals surface area contributed by atoms with Gasteiger partial charge < -0.3 is 20.3 Å². The molecule has 108 valence electrons. The van der Waals surface area contributed by atoms with Crippen LogP contribution in [0.25, 0.3) is 0 Å². The Labute approximate surface area is 126 Å². The van der Waals surface area contributed by atoms with Gasteiger partial charge in [0.1, 0.15) is 6.04 Å². The molecule has 6 heteroatoms. The van der Waals surface area contributed by atoms with E-state index >= 15 is 0 Å². The van der Waals surface area contributed by atoms with Crippen LogP contribution >= 0.6 is 15.9 Å². The number of likely N-dealkylation sites (N-methyl/N-ethyl adjacent to an activating group) is 1. The Bertz CT molecular complexity index is 527. The average Bonchev–Trinajstić information content (AvgIpc) is 2.62. The van der Waals surface area contributed by atoms with Crippen LogP contribution < -0.4 is 15.5 Å². The van der Waals surface area contributed by atoms with E-state index in [2.05, 4.69) is 37.5 Å². The van der Waals surface area contributed by atoms with Crippen molar-refractivity contribution in [2.24, 2.45) is 0 Å². The van der Waals surface area contributed by atoms with Crippen molar-refractivity contribution in [1.82, 2.24) is 5.32 Å². The predicted octanol–water partition coefficient (Wildman–Crippen LogP) is 1.89. The Morgan fingerprint density at radius 2 is 2.25 bits per heavy atom. The maximum Gasteiger partial charge on any atom is 0.246 e. The zero-order valence-electron chi connectivity index (χ0n) is 11.4. The van der Waals surface area contributed by atoms with Gasteiger partial charge in [0.25, 0.3) is 0 Å². The number of hydrogen-bond donors (Lipinski definition) is 2. The van der Waals surface area contributed by atoms with E-state index in [0.717, 1.165) is 54.1 Å². The molecule has 0 spiro atoms. The zero-order chi connectivity index (χ0) is 14.1. The topological polar surface area (TPSA) is 53.6 Å². The van der Waals surface area contributed by atoms with Crippen LogP contribution in [0.5, 0.6) is 0 Å². The number of rotatable bonds is 2. The van der Waals surface area contributed by atoms with Gasteiger partial charge in [0, 0.05) is 35.4 Å². The molecule has 0 saturated carbocycles. The SMILES string of the molecule is CNC1C(=O)Nc2cc(N3CCCOCC3)c(Br)cc21. The molecule has 1 atom stereocenters. The van der Waals surface area contributed by atoms with Gasteiger partial charge in [-0.25, -0.2) is 0 Å². The molecule has 2 N–H and O–H groups in total. The van der Waals surface area contributed by atoms with Crippen LogP contribution in [0.4, 0.5) is 11.4 Å². The lowest BCUT2D eigenvalue weighted by molar-refractivity contribution is -0.117. The van der Waals surface area contributed by atoms with E-state index in [-0.39, 0.29) is 11.9 Å². The van der Waals surface area contributed by atoms with E-state index in [1.54, 1.807) is 7.05 Å². The van der Waals surface area contributed by atoms with Crippen molar-refractivity contribution in [3.63, 3.8) is 0 Å². The molecular formula is C14H18BrN3O2. The highest BCUT2D eigenvalue weighted by Gasteiger charge is 2.30. The Hall–Kier alpha value is -1.11. The number of amides is 1. The molecule has 0 bridgehead atoms. The minimum absolute atomic E-state index is 0.00532. The van der Waals surface area contributed by atoms with Crippen LogP contribution in [-0.2, 0) is 9.53 Å². The third-order valence-corrected chi connectivity index (χ3v) is 4.44. The highest BCUT2D eigenvalue weighted by atomic mass is 79.9. The first kappa shape index (κ1) is 13.9. The molecule has 1 aromatic carbocycles. The Morgan fingerprint density at radius 3 is 3.05 bits per heavy atom. The van der Waals surface area contributed by atoms with E-state index in [4.69, 9.17) is 4.74 Å². The minimum atomic E-state index is -0.261. The molecule has 1 saturated heterocycles. The molecule has 20 heavy (non-hydrogen) atoms. The Kier molecular flexibility index (Phi) is 3.96. The summed E-state index contributed by atoms with van der Waals surface area (Å²) < 4.78 is 6.52. The van der Waals surface area contributed by atoms with Crippen LogP contribution in [0, 0.1) is 0 Å². The standard InChI is InChI=1S/C14H18BrN3O2/c1-16-13-9-7-10(15)12(8-11(9)17-14(13)19)18-3-2-5-20-6-4-18/h7-8,13,16H,2-6H2,1H3,(H,17,19). The number of hydrogen-bond acceptors (Lipinski definition) is 4. The molecule has 2 aliphatic heterocycles. The predicted molar refractivity (Wildman–Crippen MR) is 82.2 cm³/mol. The summed E-state index contributed by atoms with van der Waals surface area (Å²) in [6, 6.07) is 3.83. The number of fused-ring (bicyclic) bond motifs is 1. The van der Waals surface area contributed by atoms with E-state index in [9.17, 15) is 4.79 Å². The fourth-order valence-corrected chi connectivity index (χ4v) is 3.40. The summed E-state index contributed by atoms with van der Waals surface area (Å²) in [6.45, 7) is 3.41. The number of nitrogens with zero attached hydrogens (tertiary/aromatic N) is 1. The molecule has 2 aliphatic rings. The second-order valence-corrected chi connectivity index (χ2v) is 5.91. The van der Waals surface area contributed by atoms with Gasteiger partial charge in [-0.05, 0) is 41.5 Å². The van der Waals surface area contributed by atoms with Gasteiger partial charge in [0.2, 0.25) is 5.91 Å². The highest BCUT2D eigenvalue weighted by molar-refractivity contribution is 9.10. The van der Waals surface area contributed by atoms with Crippen LogP contribution in [0.2, 0.25) is 0 Å². The summed E-state index contributed by atoms with van der Waals surface area (Å²) in [5.41, 5.74) is 3.02.